The summed E-state index contributed by atoms with van der Waals surface area (Å²) in [6.45, 7) is 4.77. The highest BCUT2D eigenvalue weighted by Gasteiger charge is 1.99. The third kappa shape index (κ3) is 4.16. The van der Waals surface area contributed by atoms with Gasteiger partial charge >= 0.3 is 0 Å². The summed E-state index contributed by atoms with van der Waals surface area (Å²) in [6.07, 6.45) is 7.04. The van der Waals surface area contributed by atoms with Crippen molar-refractivity contribution in [3.63, 3.8) is 0 Å². The van der Waals surface area contributed by atoms with Crippen LogP contribution in [-0.4, -0.2) is 19.6 Å². The third-order valence-corrected chi connectivity index (χ3v) is 2.54. The lowest BCUT2D eigenvalue weighted by atomic mass is 10.3. The molecule has 6 heteroatoms. The van der Waals surface area contributed by atoms with Crippen molar-refractivity contribution in [2.24, 2.45) is 7.05 Å². The topological polar surface area (TPSA) is 47.7 Å². The van der Waals surface area contributed by atoms with E-state index < -0.39 is 0 Å². The summed E-state index contributed by atoms with van der Waals surface area (Å²) in [7, 11) is 1.93. The Bertz CT molecular complexity index is 462. The highest BCUT2D eigenvalue weighted by atomic mass is 35.5. The standard InChI is InChI=1S/C12H19N5.ClH/c1-3-5-17-6-4-12(15-17)9-13-7-11-8-14-16(2)10-11;/h4,6,8,10,13H,3,5,7,9H2,1-2H3;1H. The maximum atomic E-state index is 4.47. The Kier molecular flexibility index (Phi) is 5.88. The normalized spacial score (nSPS) is 10.3. The second kappa shape index (κ2) is 7.18. The van der Waals surface area contributed by atoms with Gasteiger partial charge < -0.3 is 5.32 Å². The first-order valence-electron chi connectivity index (χ1n) is 5.98. The first kappa shape index (κ1) is 14.7. The van der Waals surface area contributed by atoms with E-state index >= 15 is 0 Å². The van der Waals surface area contributed by atoms with Gasteiger partial charge in [0.1, 0.15) is 0 Å². The second-order valence-electron chi connectivity index (χ2n) is 4.20. The molecule has 0 saturated carbocycles. The predicted molar refractivity (Wildman–Crippen MR) is 73.5 cm³/mol. The lowest BCUT2D eigenvalue weighted by molar-refractivity contribution is 0.582. The van der Waals surface area contributed by atoms with Crippen molar-refractivity contribution < 1.29 is 0 Å². The van der Waals surface area contributed by atoms with E-state index in [1.54, 1.807) is 0 Å². The van der Waals surface area contributed by atoms with Crippen LogP contribution in [0.25, 0.3) is 0 Å². The van der Waals surface area contributed by atoms with Crippen molar-refractivity contribution >= 4 is 12.4 Å². The lowest BCUT2D eigenvalue weighted by Gasteiger charge is -2.00. The predicted octanol–water partition coefficient (Wildman–Crippen LogP) is 1.74. The van der Waals surface area contributed by atoms with Crippen LogP contribution in [0.5, 0.6) is 0 Å². The molecule has 0 spiro atoms. The number of nitrogens with one attached hydrogen (secondary N) is 1. The minimum absolute atomic E-state index is 0. The maximum absolute atomic E-state index is 4.47. The van der Waals surface area contributed by atoms with E-state index in [9.17, 15) is 0 Å². The highest BCUT2D eigenvalue weighted by Crippen LogP contribution is 1.99. The molecule has 2 rings (SSSR count). The molecular weight excluding hydrogens is 250 g/mol. The molecule has 0 aromatic carbocycles. The molecule has 0 fully saturated rings. The van der Waals surface area contributed by atoms with Crippen LogP contribution in [0.15, 0.2) is 24.7 Å². The van der Waals surface area contributed by atoms with E-state index in [0.29, 0.717) is 0 Å². The zero-order valence-electron chi connectivity index (χ0n) is 10.8. The molecule has 100 valence electrons. The Hall–Kier alpha value is -1.33. The fourth-order valence-electron chi connectivity index (χ4n) is 1.75. The Morgan fingerprint density at radius 1 is 1.33 bits per heavy atom. The minimum atomic E-state index is 0. The van der Waals surface area contributed by atoms with Crippen LogP contribution in [0.3, 0.4) is 0 Å². The Balaban J connectivity index is 0.00000162. The summed E-state index contributed by atoms with van der Waals surface area (Å²) in [6, 6.07) is 2.06. The van der Waals surface area contributed by atoms with Gasteiger partial charge in [0.15, 0.2) is 0 Å². The fourth-order valence-corrected chi connectivity index (χ4v) is 1.75. The highest BCUT2D eigenvalue weighted by molar-refractivity contribution is 5.85. The molecule has 0 radical (unpaired) electrons. The Morgan fingerprint density at radius 3 is 2.83 bits per heavy atom. The number of rotatable bonds is 6. The number of hydrogen-bond acceptors (Lipinski definition) is 3. The van der Waals surface area contributed by atoms with Crippen LogP contribution in [-0.2, 0) is 26.7 Å². The number of hydrogen-bond donors (Lipinski definition) is 1. The van der Waals surface area contributed by atoms with Gasteiger partial charge in [0, 0.05) is 44.6 Å². The number of halogens is 1. The second-order valence-corrected chi connectivity index (χ2v) is 4.20. The Morgan fingerprint density at radius 2 is 2.17 bits per heavy atom. The van der Waals surface area contributed by atoms with E-state index in [0.717, 1.165) is 31.7 Å². The van der Waals surface area contributed by atoms with Gasteiger partial charge in [0.05, 0.1) is 11.9 Å². The van der Waals surface area contributed by atoms with Crippen molar-refractivity contribution in [2.75, 3.05) is 0 Å². The fraction of sp³-hybridized carbons (Fsp3) is 0.500. The van der Waals surface area contributed by atoms with Crippen molar-refractivity contribution in [1.29, 1.82) is 0 Å². The van der Waals surface area contributed by atoms with Gasteiger partial charge in [-0.3, -0.25) is 9.36 Å². The molecule has 18 heavy (non-hydrogen) atoms. The van der Waals surface area contributed by atoms with Gasteiger partial charge in [-0.25, -0.2) is 0 Å². The van der Waals surface area contributed by atoms with E-state index in [1.807, 2.05) is 35.0 Å². The van der Waals surface area contributed by atoms with Crippen LogP contribution in [0, 0.1) is 0 Å². The van der Waals surface area contributed by atoms with Crippen molar-refractivity contribution in [3.05, 3.63) is 35.9 Å². The molecule has 0 aliphatic rings. The molecular formula is C12H20ClN5. The SMILES string of the molecule is CCCn1ccc(CNCc2cnn(C)c2)n1.Cl. The molecule has 5 nitrogen and oxygen atoms in total. The smallest absolute Gasteiger partial charge is 0.0762 e. The van der Waals surface area contributed by atoms with E-state index in [2.05, 4.69) is 28.5 Å². The summed E-state index contributed by atoms with van der Waals surface area (Å²) >= 11 is 0. The lowest BCUT2D eigenvalue weighted by Crippen LogP contribution is -2.13. The van der Waals surface area contributed by atoms with Crippen LogP contribution in [0.4, 0.5) is 0 Å². The zero-order valence-corrected chi connectivity index (χ0v) is 11.7. The average molecular weight is 270 g/mol. The summed E-state index contributed by atoms with van der Waals surface area (Å²) in [4.78, 5) is 0. The van der Waals surface area contributed by atoms with E-state index in [4.69, 9.17) is 0 Å². The summed E-state index contributed by atoms with van der Waals surface area (Å²) < 4.78 is 3.80. The number of nitrogens with zero attached hydrogens (tertiary/aromatic N) is 4. The average Bonchev–Trinajstić information content (AvgIpc) is 2.89. The van der Waals surface area contributed by atoms with Gasteiger partial charge in [-0.05, 0) is 12.5 Å². The van der Waals surface area contributed by atoms with Gasteiger partial charge in [-0.15, -0.1) is 12.4 Å². The Labute approximate surface area is 114 Å². The largest absolute Gasteiger partial charge is 0.307 e. The first-order chi connectivity index (χ1) is 8.28. The number of aromatic nitrogens is 4. The molecule has 1 N–H and O–H groups in total. The van der Waals surface area contributed by atoms with Gasteiger partial charge in [0.25, 0.3) is 0 Å². The molecule has 0 unspecified atom stereocenters. The molecule has 0 amide bonds. The first-order valence-corrected chi connectivity index (χ1v) is 5.98. The molecule has 0 bridgehead atoms. The zero-order chi connectivity index (χ0) is 12.1. The monoisotopic (exact) mass is 269 g/mol. The molecule has 0 saturated heterocycles. The van der Waals surface area contributed by atoms with Crippen LogP contribution in [0.2, 0.25) is 0 Å². The summed E-state index contributed by atoms with van der Waals surface area (Å²) in [5.41, 5.74) is 2.28. The molecule has 0 aliphatic heterocycles. The molecule has 0 aliphatic carbocycles. The van der Waals surface area contributed by atoms with Crippen LogP contribution in [0.1, 0.15) is 24.6 Å². The quantitative estimate of drug-likeness (QED) is 0.869. The maximum Gasteiger partial charge on any atom is 0.0762 e. The van der Waals surface area contributed by atoms with E-state index in [1.165, 1.54) is 5.56 Å². The van der Waals surface area contributed by atoms with Gasteiger partial charge in [0.2, 0.25) is 0 Å². The molecule has 2 aromatic rings. The van der Waals surface area contributed by atoms with Crippen LogP contribution >= 0.6 is 12.4 Å². The summed E-state index contributed by atoms with van der Waals surface area (Å²) in [5.74, 6) is 0. The number of aryl methyl sites for hydroxylation is 2. The van der Waals surface area contributed by atoms with Crippen LogP contribution < -0.4 is 5.32 Å². The van der Waals surface area contributed by atoms with Crippen molar-refractivity contribution in [1.82, 2.24) is 24.9 Å². The van der Waals surface area contributed by atoms with Crippen molar-refractivity contribution in [2.45, 2.75) is 33.0 Å². The van der Waals surface area contributed by atoms with Crippen molar-refractivity contribution in [3.8, 4) is 0 Å². The molecule has 2 aromatic heterocycles. The molecule has 0 atom stereocenters. The minimum Gasteiger partial charge on any atom is -0.307 e. The summed E-state index contributed by atoms with van der Waals surface area (Å²) in [5, 5.41) is 12.0. The van der Waals surface area contributed by atoms with Gasteiger partial charge in [-0.2, -0.15) is 10.2 Å². The van der Waals surface area contributed by atoms with Gasteiger partial charge in [-0.1, -0.05) is 6.92 Å². The molecule has 2 heterocycles. The third-order valence-electron chi connectivity index (χ3n) is 2.54. The van der Waals surface area contributed by atoms with E-state index in [-0.39, 0.29) is 12.4 Å².